The third kappa shape index (κ3) is 2.60. The Morgan fingerprint density at radius 3 is 2.68 bits per heavy atom. The van der Waals surface area contributed by atoms with Gasteiger partial charge in [0.15, 0.2) is 11.5 Å². The van der Waals surface area contributed by atoms with Gasteiger partial charge in [0.2, 0.25) is 0 Å². The lowest BCUT2D eigenvalue weighted by Crippen LogP contribution is -1.93. The van der Waals surface area contributed by atoms with E-state index in [4.69, 9.17) is 4.52 Å². The highest BCUT2D eigenvalue weighted by molar-refractivity contribution is 5.72. The molecule has 2 heterocycles. The van der Waals surface area contributed by atoms with Crippen molar-refractivity contribution in [2.45, 2.75) is 19.8 Å². The van der Waals surface area contributed by atoms with Crippen LogP contribution in [0.1, 0.15) is 25.5 Å². The van der Waals surface area contributed by atoms with Crippen LogP contribution in [-0.2, 0) is 0 Å². The van der Waals surface area contributed by atoms with Crippen molar-refractivity contribution in [2.24, 2.45) is 10.2 Å². The lowest BCUT2D eigenvalue weighted by atomic mass is 10.1. The fourth-order valence-corrected chi connectivity index (χ4v) is 2.08. The van der Waals surface area contributed by atoms with Crippen molar-refractivity contribution in [1.29, 1.82) is 0 Å². The zero-order chi connectivity index (χ0) is 15.5. The summed E-state index contributed by atoms with van der Waals surface area (Å²) in [5.41, 5.74) is 2.05. The van der Waals surface area contributed by atoms with E-state index in [2.05, 4.69) is 25.6 Å². The van der Waals surface area contributed by atoms with Crippen LogP contribution in [0.15, 0.2) is 56.1 Å². The predicted octanol–water partition coefficient (Wildman–Crippen LogP) is 3.90. The molecule has 0 radical (unpaired) electrons. The van der Waals surface area contributed by atoms with Gasteiger partial charge in [0, 0.05) is 5.56 Å². The molecule has 0 fully saturated rings. The van der Waals surface area contributed by atoms with Gasteiger partial charge in [-0.3, -0.25) is 5.10 Å². The summed E-state index contributed by atoms with van der Waals surface area (Å²) in [5, 5.41) is 17.5. The first-order valence-electron chi connectivity index (χ1n) is 6.88. The minimum atomic E-state index is -0.534. The number of aromatic amines is 2. The average Bonchev–Trinajstić information content (AvgIpc) is 3.12. The van der Waals surface area contributed by atoms with E-state index in [1.54, 1.807) is 6.20 Å². The Kier molecular flexibility index (Phi) is 3.69. The summed E-state index contributed by atoms with van der Waals surface area (Å²) < 4.78 is 4.78. The molecule has 0 aliphatic carbocycles. The fraction of sp³-hybridized carbons (Fsp3) is 0.200. The minimum Gasteiger partial charge on any atom is -0.336 e. The van der Waals surface area contributed by atoms with Crippen molar-refractivity contribution in [3.8, 4) is 11.1 Å². The number of aromatic nitrogens is 3. The molecule has 0 unspecified atom stereocenters. The molecule has 2 aromatic heterocycles. The van der Waals surface area contributed by atoms with Gasteiger partial charge in [-0.15, -0.1) is 10.2 Å². The largest absolute Gasteiger partial charge is 0.384 e. The normalized spacial score (nSPS) is 11.6. The predicted molar refractivity (Wildman–Crippen MR) is 81.6 cm³/mol. The second kappa shape index (κ2) is 5.80. The van der Waals surface area contributed by atoms with Gasteiger partial charge >= 0.3 is 5.63 Å². The molecule has 7 nitrogen and oxygen atoms in total. The third-order valence-corrected chi connectivity index (χ3v) is 3.23. The van der Waals surface area contributed by atoms with Crippen molar-refractivity contribution >= 4 is 11.5 Å². The molecule has 0 aliphatic rings. The maximum atomic E-state index is 11.7. The number of azo groups is 1. The maximum absolute atomic E-state index is 11.7. The van der Waals surface area contributed by atoms with Crippen molar-refractivity contribution in [1.82, 2.24) is 15.4 Å². The van der Waals surface area contributed by atoms with Crippen molar-refractivity contribution < 1.29 is 4.52 Å². The highest BCUT2D eigenvalue weighted by Crippen LogP contribution is 2.29. The molecule has 3 rings (SSSR count). The van der Waals surface area contributed by atoms with Gasteiger partial charge in [-0.25, -0.2) is 9.95 Å². The Balaban J connectivity index is 1.97. The molecule has 0 saturated carbocycles. The average molecular weight is 297 g/mol. The molecule has 2 N–H and O–H groups in total. The van der Waals surface area contributed by atoms with E-state index in [1.807, 2.05) is 44.2 Å². The fourth-order valence-electron chi connectivity index (χ4n) is 2.08. The van der Waals surface area contributed by atoms with E-state index in [0.29, 0.717) is 11.5 Å². The standard InChI is InChI=1S/C15H15N5O2/c1-9(2)12-13(15(21)22-20-12)17-19-14-11(8-16-18-14)10-6-4-3-5-7-10/h3-9,20H,1-2H3,(H,16,18). The zero-order valence-electron chi connectivity index (χ0n) is 12.2. The van der Waals surface area contributed by atoms with Crippen LogP contribution < -0.4 is 5.63 Å². The first kappa shape index (κ1) is 14.0. The number of benzene rings is 1. The minimum absolute atomic E-state index is 0.0794. The molecule has 0 atom stereocenters. The number of nitrogens with zero attached hydrogens (tertiary/aromatic N) is 3. The highest BCUT2D eigenvalue weighted by atomic mass is 16.5. The van der Waals surface area contributed by atoms with E-state index in [-0.39, 0.29) is 11.6 Å². The molecular formula is C15H15N5O2. The van der Waals surface area contributed by atoms with Crippen LogP contribution in [0.3, 0.4) is 0 Å². The number of hydrogen-bond donors (Lipinski definition) is 2. The van der Waals surface area contributed by atoms with Crippen LogP contribution in [0.2, 0.25) is 0 Å². The number of rotatable bonds is 4. The first-order chi connectivity index (χ1) is 10.7. The first-order valence-corrected chi connectivity index (χ1v) is 6.88. The van der Waals surface area contributed by atoms with Crippen LogP contribution in [0.5, 0.6) is 0 Å². The van der Waals surface area contributed by atoms with Crippen molar-refractivity contribution in [2.75, 3.05) is 0 Å². The lowest BCUT2D eigenvalue weighted by Gasteiger charge is -1.99. The molecule has 3 aromatic rings. The molecule has 22 heavy (non-hydrogen) atoms. The van der Waals surface area contributed by atoms with E-state index >= 15 is 0 Å². The smallest absolute Gasteiger partial charge is 0.336 e. The summed E-state index contributed by atoms with van der Waals surface area (Å²) in [4.78, 5) is 11.7. The molecule has 7 heteroatoms. The lowest BCUT2D eigenvalue weighted by molar-refractivity contribution is 0.382. The van der Waals surface area contributed by atoms with Crippen LogP contribution in [0.4, 0.5) is 11.5 Å². The van der Waals surface area contributed by atoms with E-state index in [1.165, 1.54) is 0 Å². The molecule has 0 amide bonds. The molecule has 0 aliphatic heterocycles. The second-order valence-corrected chi connectivity index (χ2v) is 5.11. The molecular weight excluding hydrogens is 282 g/mol. The zero-order valence-corrected chi connectivity index (χ0v) is 12.2. The summed E-state index contributed by atoms with van der Waals surface area (Å²) in [6, 6.07) is 9.70. The van der Waals surface area contributed by atoms with Gasteiger partial charge in [0.1, 0.15) is 0 Å². The summed E-state index contributed by atoms with van der Waals surface area (Å²) in [5.74, 6) is 0.567. The van der Waals surface area contributed by atoms with E-state index < -0.39 is 5.63 Å². The molecule has 0 saturated heterocycles. The number of hydrogen-bond acceptors (Lipinski definition) is 5. The van der Waals surface area contributed by atoms with Crippen LogP contribution in [-0.4, -0.2) is 15.4 Å². The molecule has 112 valence electrons. The summed E-state index contributed by atoms with van der Waals surface area (Å²) in [7, 11) is 0. The SMILES string of the molecule is CC(C)c1[nH]oc(=O)c1N=Nc1[nH]ncc1-c1ccccc1. The highest BCUT2D eigenvalue weighted by Gasteiger charge is 2.15. The Hall–Kier alpha value is -2.96. The van der Waals surface area contributed by atoms with Crippen molar-refractivity contribution in [3.63, 3.8) is 0 Å². The van der Waals surface area contributed by atoms with Crippen LogP contribution in [0, 0.1) is 0 Å². The van der Waals surface area contributed by atoms with Crippen LogP contribution >= 0.6 is 0 Å². The van der Waals surface area contributed by atoms with Crippen LogP contribution in [0.25, 0.3) is 11.1 Å². The Morgan fingerprint density at radius 1 is 1.18 bits per heavy atom. The quantitative estimate of drug-likeness (QED) is 0.714. The van der Waals surface area contributed by atoms with E-state index in [9.17, 15) is 4.79 Å². The third-order valence-electron chi connectivity index (χ3n) is 3.23. The number of H-pyrrole nitrogens is 2. The maximum Gasteiger partial charge on any atom is 0.384 e. The van der Waals surface area contributed by atoms with Gasteiger partial charge in [-0.1, -0.05) is 44.2 Å². The number of nitrogens with one attached hydrogen (secondary N) is 2. The molecule has 0 bridgehead atoms. The topological polar surface area (TPSA) is 99.4 Å². The second-order valence-electron chi connectivity index (χ2n) is 5.11. The Bertz CT molecular complexity index is 842. The monoisotopic (exact) mass is 297 g/mol. The molecule has 0 spiro atoms. The van der Waals surface area contributed by atoms with Gasteiger partial charge in [-0.2, -0.15) is 5.10 Å². The Morgan fingerprint density at radius 2 is 1.95 bits per heavy atom. The van der Waals surface area contributed by atoms with Gasteiger partial charge in [0.25, 0.3) is 0 Å². The summed E-state index contributed by atoms with van der Waals surface area (Å²) >= 11 is 0. The van der Waals surface area contributed by atoms with Gasteiger partial charge in [-0.05, 0) is 11.5 Å². The molecule has 1 aromatic carbocycles. The van der Waals surface area contributed by atoms with Gasteiger partial charge < -0.3 is 4.52 Å². The van der Waals surface area contributed by atoms with Gasteiger partial charge in [0.05, 0.1) is 11.9 Å². The van der Waals surface area contributed by atoms with E-state index in [0.717, 1.165) is 11.1 Å². The summed E-state index contributed by atoms with van der Waals surface area (Å²) in [6.45, 7) is 3.87. The Labute approximate surface area is 126 Å². The summed E-state index contributed by atoms with van der Waals surface area (Å²) in [6.07, 6.45) is 1.67. The van der Waals surface area contributed by atoms with Crippen molar-refractivity contribution in [3.05, 3.63) is 52.6 Å².